The van der Waals surface area contributed by atoms with E-state index < -0.39 is 130 Å². The van der Waals surface area contributed by atoms with Crippen LogP contribution in [0.25, 0.3) is 0 Å². The van der Waals surface area contributed by atoms with Crippen molar-refractivity contribution in [3.63, 3.8) is 0 Å². The van der Waals surface area contributed by atoms with Crippen molar-refractivity contribution in [3.05, 3.63) is 129 Å². The molecule has 3 saturated heterocycles. The number of benzene rings is 3. The van der Waals surface area contributed by atoms with Crippen molar-refractivity contribution >= 4 is 35.6 Å². The number of methoxy groups -OCH3 is 3. The molecule has 122 heavy (non-hydrogen) atoms. The van der Waals surface area contributed by atoms with Gasteiger partial charge in [-0.25, -0.2) is 14.4 Å². The molecule has 10 heterocycles. The fraction of sp³-hybridized carbons (Fsp3) is 0.626. The first-order valence-corrected chi connectivity index (χ1v) is 42.4. The Bertz CT molecular complexity index is 4630. The molecular weight excluding hydrogens is 1580 g/mol. The number of nitrogens with zero attached hydrogens (tertiary/aromatic N) is 3. The number of carboxylic acid groups (broad SMARTS) is 1. The first-order valence-electron chi connectivity index (χ1n) is 42.4. The van der Waals surface area contributed by atoms with E-state index in [0.29, 0.717) is 76.8 Å². The molecule has 31 nitrogen and oxygen atoms in total. The maximum absolute atomic E-state index is 14.1. The number of aliphatic hydroxyl groups is 7. The molecule has 12 atom stereocenters. The van der Waals surface area contributed by atoms with Crippen LogP contribution in [-0.4, -0.2) is 247 Å². The minimum Gasteiger partial charge on any atom is -0.497 e. The number of carboxylic acids is 1. The molecule has 0 bridgehead atoms. The molecule has 9 aliphatic heterocycles. The zero-order valence-corrected chi connectivity index (χ0v) is 70.7. The van der Waals surface area contributed by atoms with Gasteiger partial charge in [-0.15, -0.1) is 0 Å². The number of Topliss-reactive ketones (excluding diaryl/α,β-unsaturated/α-hetero) is 1. The number of nitrogens with one attached hydrogen (secondary N) is 1. The van der Waals surface area contributed by atoms with E-state index in [1.54, 1.807) is 67.9 Å². The molecule has 3 spiro atoms. The molecule has 9 N–H and O–H groups in total. The Labute approximate surface area is 714 Å². The molecule has 672 valence electrons. The summed E-state index contributed by atoms with van der Waals surface area (Å²) < 4.78 is 75.2. The summed E-state index contributed by atoms with van der Waals surface area (Å²) in [6.07, 6.45) is 12.6. The molecule has 1 aromatic heterocycles. The second-order valence-electron chi connectivity index (χ2n) is 36.4. The van der Waals surface area contributed by atoms with Gasteiger partial charge in [0.1, 0.15) is 29.6 Å². The highest BCUT2D eigenvalue weighted by Crippen LogP contribution is 2.60. The second kappa shape index (κ2) is 35.9. The fourth-order valence-electron chi connectivity index (χ4n) is 20.7. The van der Waals surface area contributed by atoms with Crippen molar-refractivity contribution in [2.75, 3.05) is 87.6 Å². The van der Waals surface area contributed by atoms with E-state index in [-0.39, 0.29) is 93.5 Å². The Balaban J connectivity index is 0.000000179. The first kappa shape index (κ1) is 90.7. The minimum absolute atomic E-state index is 0. The zero-order valence-electron chi connectivity index (χ0n) is 70.7. The number of carbonyl (C=O) groups excluding carboxylic acids is 5. The summed E-state index contributed by atoms with van der Waals surface area (Å²) in [5.74, 6) is -0.264. The van der Waals surface area contributed by atoms with Crippen LogP contribution in [0.3, 0.4) is 0 Å². The lowest BCUT2D eigenvalue weighted by Gasteiger charge is -2.39. The highest BCUT2D eigenvalue weighted by molar-refractivity contribution is 5.90. The predicted molar refractivity (Wildman–Crippen MR) is 443 cm³/mol. The van der Waals surface area contributed by atoms with Crippen molar-refractivity contribution in [2.24, 2.45) is 0 Å². The third-order valence-corrected chi connectivity index (χ3v) is 26.5. The monoisotopic (exact) mass is 1710 g/mol. The number of ketones is 1. The summed E-state index contributed by atoms with van der Waals surface area (Å²) in [6, 6.07) is 15.4. The topological polar surface area (TPSA) is 410 Å². The SMILES string of the molecule is C.COC1=C[C@]23CCCN2CCc2cc4c(cc2[C@@H]3[C@@H]1OC(=O)[C@@](O)(CCCC(C)(C)O)CC(=O)CO)OCO4.COC1=C[C@]23CCCN2CCc2cc4c(cc2[C@@H]3[C@@H]1OC(=O)[C@@](O)(CCCC(C)(C)O)CC(=O)NCc1ccco1)OCO4.COC1=C[C@]23CCCN2CCc2cc4c(cc2[C@@H]3[C@@H]1OC(=O)[C@@](O)(CCCC(C)(C)O)CC(=O)O)OCO4.[3HH].[HH]. The summed E-state index contributed by atoms with van der Waals surface area (Å²) >= 11 is 0. The third kappa shape index (κ3) is 18.6. The average molecular weight is 1710 g/mol. The molecule has 0 radical (unpaired) electrons. The van der Waals surface area contributed by atoms with Crippen molar-refractivity contribution in [2.45, 2.75) is 277 Å². The lowest BCUT2D eigenvalue weighted by atomic mass is 9.77. The Morgan fingerprint density at radius 2 is 0.811 bits per heavy atom. The molecule has 4 aromatic rings. The van der Waals surface area contributed by atoms with Crippen LogP contribution in [0.2, 0.25) is 0 Å². The van der Waals surface area contributed by atoms with Crippen LogP contribution in [0.1, 0.15) is 224 Å². The van der Waals surface area contributed by atoms with Crippen LogP contribution in [0.4, 0.5) is 0 Å². The molecule has 3 fully saturated rings. The zero-order chi connectivity index (χ0) is 86.4. The molecule has 0 saturated carbocycles. The number of furan rings is 1. The number of ether oxygens (including phenoxy) is 12. The van der Waals surface area contributed by atoms with E-state index in [9.17, 15) is 69.6 Å². The van der Waals surface area contributed by atoms with E-state index >= 15 is 0 Å². The van der Waals surface area contributed by atoms with Crippen molar-refractivity contribution in [1.82, 2.24) is 20.0 Å². The number of hydrogen-bond acceptors (Lipinski definition) is 29. The third-order valence-electron chi connectivity index (χ3n) is 26.5. The standard InChI is InChI=1S/C33H42N2O9.C29H39NO9.C28H37NO9.CH4.2H2/c1-31(2,38)9-5-11-33(39,18-27(36)34-19-22-7-4-14-41-22)30(37)44-29-26(40-3)17-32-10-6-12-35(32)13-8-21-15-24-25(43-20-42-24)16-23(21)28(29)32;1-27(2,34)7-4-9-29(35,14-19(32)16-31)26(33)39-25-23(36-3)15-28-8-5-10-30(28)11-6-18-12-21-22(38-17-37-21)13-20(18)24(25)28;1-26(2,33)7-4-9-28(34,15-22(30)31)25(32)38-24-21(35-3)14-27-8-5-10-29(27)11-6-17-12-19-20(37-16-36-19)13-18(17)23(24)27;;;/h4,7,14-17,28-29,38-39H,5-6,8-13,18-20H2,1-3H3,(H,34,36);12-13,15,24-25,31,34-35H,4-11,14,16-17H2,1-3H3;12-14,23-24,33-34H,4-11,15-16H2,1-3H3,(H,30,31);1H4;2*1H/t28-,29-,32+,33-;24-,25-,28+,29-;23-,24-,27+,28-;;;/m111.../s1/i;;;;1+2;. The summed E-state index contributed by atoms with van der Waals surface area (Å²) in [7, 11) is 4.63. The lowest BCUT2D eigenvalue weighted by molar-refractivity contribution is -0.178. The minimum atomic E-state index is -2.25. The van der Waals surface area contributed by atoms with E-state index in [4.69, 9.17) is 61.3 Å². The summed E-state index contributed by atoms with van der Waals surface area (Å²) in [5.41, 5.74) is -4.65. The summed E-state index contributed by atoms with van der Waals surface area (Å²) in [4.78, 5) is 85.5. The smallest absolute Gasteiger partial charge is 0.339 e. The molecule has 3 aromatic carbocycles. The van der Waals surface area contributed by atoms with E-state index in [0.717, 1.165) is 130 Å². The van der Waals surface area contributed by atoms with Crippen LogP contribution in [-0.2, 0) is 83.0 Å². The normalized spacial score (nSPS) is 26.3. The Kier molecular flexibility index (Phi) is 26.7. The number of esters is 3. The Morgan fingerprint density at radius 1 is 0.484 bits per heavy atom. The maximum atomic E-state index is 14.1. The maximum Gasteiger partial charge on any atom is 0.339 e. The van der Waals surface area contributed by atoms with Gasteiger partial charge in [0, 0.05) is 28.9 Å². The highest BCUT2D eigenvalue weighted by Gasteiger charge is 2.63. The number of carbonyl (C=O) groups is 6. The average Bonchev–Trinajstić information content (AvgIpc) is 1.56. The van der Waals surface area contributed by atoms with E-state index in [1.807, 2.05) is 42.5 Å². The number of amides is 1. The largest absolute Gasteiger partial charge is 0.497 e. The van der Waals surface area contributed by atoms with Gasteiger partial charge >= 0.3 is 23.9 Å². The van der Waals surface area contributed by atoms with Gasteiger partial charge < -0.3 is 107 Å². The Morgan fingerprint density at radius 3 is 1.11 bits per heavy atom. The van der Waals surface area contributed by atoms with Crippen LogP contribution >= 0.6 is 0 Å². The molecule has 16 rings (SSSR count). The number of hydrogen-bond donors (Lipinski definition) is 9. The number of fused-ring (bicyclic) bond motifs is 9. The molecule has 31 heteroatoms. The van der Waals surface area contributed by atoms with Gasteiger partial charge in [-0.05, 0) is 277 Å². The predicted octanol–water partition coefficient (Wildman–Crippen LogP) is 8.91. The fourth-order valence-corrected chi connectivity index (χ4v) is 20.7. The van der Waals surface area contributed by atoms with Gasteiger partial charge in [-0.1, -0.05) is 7.43 Å². The van der Waals surface area contributed by atoms with Crippen LogP contribution < -0.4 is 33.7 Å². The van der Waals surface area contributed by atoms with Gasteiger partial charge in [0.25, 0.3) is 0 Å². The lowest BCUT2D eigenvalue weighted by Crippen LogP contribution is -2.50. The Hall–Kier alpha value is -9.02. The molecule has 0 unspecified atom stereocenters. The van der Waals surface area contributed by atoms with Gasteiger partial charge in [0.2, 0.25) is 26.3 Å². The van der Waals surface area contributed by atoms with Crippen molar-refractivity contribution in [1.29, 1.82) is 0 Å². The van der Waals surface area contributed by atoms with Gasteiger partial charge in [-0.3, -0.25) is 29.1 Å². The van der Waals surface area contributed by atoms with Gasteiger partial charge in [-0.2, -0.15) is 0 Å². The van der Waals surface area contributed by atoms with Crippen LogP contribution in [0, 0.1) is 0 Å². The number of rotatable bonds is 30. The van der Waals surface area contributed by atoms with Gasteiger partial charge in [0.05, 0.1) is 98.2 Å². The van der Waals surface area contributed by atoms with Crippen LogP contribution in [0.5, 0.6) is 34.5 Å². The quantitative estimate of drug-likeness (QED) is 0.0174. The van der Waals surface area contributed by atoms with Gasteiger partial charge in [0.15, 0.2) is 75.4 Å². The van der Waals surface area contributed by atoms with Crippen molar-refractivity contribution in [3.8, 4) is 34.5 Å². The molecule has 1 amide bonds. The molecule has 12 aliphatic rings. The van der Waals surface area contributed by atoms with E-state index in [1.165, 1.54) is 13.4 Å². The number of aliphatic hydroxyl groups excluding tert-OH is 1. The second-order valence-corrected chi connectivity index (χ2v) is 36.4. The molecular formula is C91H126N4O27. The van der Waals surface area contributed by atoms with Crippen LogP contribution in [0.15, 0.2) is 94.7 Å². The summed E-state index contributed by atoms with van der Waals surface area (Å²) in [5, 5.41) is 86.6. The van der Waals surface area contributed by atoms with E-state index in [2.05, 4.69) is 32.2 Å². The molecule has 3 aliphatic carbocycles. The summed E-state index contributed by atoms with van der Waals surface area (Å²) in [6.45, 7) is 14.8. The highest BCUT2D eigenvalue weighted by atomic mass is 16.7. The van der Waals surface area contributed by atoms with Crippen molar-refractivity contribution < 1.29 is 134 Å². The number of aliphatic carboxylic acids is 1. The first-order chi connectivity index (χ1) is 57.5.